The number of nitrogens with zero attached hydrogens (tertiary/aromatic N) is 1. The predicted octanol–water partition coefficient (Wildman–Crippen LogP) is 1.35. The van der Waals surface area contributed by atoms with Crippen molar-refractivity contribution in [2.75, 3.05) is 0 Å². The van der Waals surface area contributed by atoms with Gasteiger partial charge in [-0.25, -0.2) is 4.79 Å². The van der Waals surface area contributed by atoms with E-state index in [0.29, 0.717) is 11.3 Å². The fourth-order valence-corrected chi connectivity index (χ4v) is 0.954. The van der Waals surface area contributed by atoms with Crippen molar-refractivity contribution in [2.45, 2.75) is 13.0 Å². The Morgan fingerprint density at radius 1 is 1.47 bits per heavy atom. The summed E-state index contributed by atoms with van der Waals surface area (Å²) in [5, 5.41) is 19.7. The Labute approximate surface area is 86.6 Å². The predicted molar refractivity (Wildman–Crippen MR) is 53.5 cm³/mol. The lowest BCUT2D eigenvalue weighted by Gasteiger charge is -2.09. The Kier molecular flexibility index (Phi) is 3.68. The highest BCUT2D eigenvalue weighted by molar-refractivity contribution is 5.79. The van der Waals surface area contributed by atoms with Crippen LogP contribution in [0.4, 0.5) is 0 Å². The third-order valence-corrected chi connectivity index (χ3v) is 1.75. The van der Waals surface area contributed by atoms with Gasteiger partial charge in [-0.3, -0.25) is 0 Å². The van der Waals surface area contributed by atoms with Crippen molar-refractivity contribution in [3.8, 4) is 5.75 Å². The molecule has 0 spiro atoms. The molecule has 1 atom stereocenters. The molecule has 0 aliphatic carbocycles. The van der Waals surface area contributed by atoms with Gasteiger partial charge in [0.25, 0.3) is 0 Å². The second-order valence-electron chi connectivity index (χ2n) is 2.91. The van der Waals surface area contributed by atoms with E-state index >= 15 is 0 Å². The van der Waals surface area contributed by atoms with Crippen molar-refractivity contribution in [2.24, 2.45) is 5.16 Å². The third-order valence-electron chi connectivity index (χ3n) is 1.75. The van der Waals surface area contributed by atoms with Crippen LogP contribution in [0.25, 0.3) is 0 Å². The van der Waals surface area contributed by atoms with Gasteiger partial charge in [0.2, 0.25) is 0 Å². The number of aliphatic carboxylic acids is 1. The fraction of sp³-hybridized carbons (Fsp3) is 0.200. The van der Waals surface area contributed by atoms with Gasteiger partial charge in [0, 0.05) is 0 Å². The Bertz CT molecular complexity index is 358. The van der Waals surface area contributed by atoms with Gasteiger partial charge in [0.15, 0.2) is 6.10 Å². The Hall–Kier alpha value is -2.04. The number of hydrogen-bond acceptors (Lipinski definition) is 4. The monoisotopic (exact) mass is 209 g/mol. The summed E-state index contributed by atoms with van der Waals surface area (Å²) in [5.74, 6) is -0.559. The van der Waals surface area contributed by atoms with Crippen LogP contribution in [0.2, 0.25) is 0 Å². The number of rotatable bonds is 4. The highest BCUT2D eigenvalue weighted by Gasteiger charge is 2.11. The normalized spacial score (nSPS) is 12.6. The molecular weight excluding hydrogens is 198 g/mol. The zero-order valence-electron chi connectivity index (χ0n) is 8.12. The van der Waals surface area contributed by atoms with Crippen molar-refractivity contribution in [3.05, 3.63) is 29.8 Å². The van der Waals surface area contributed by atoms with E-state index in [1.165, 1.54) is 13.1 Å². The summed E-state index contributed by atoms with van der Waals surface area (Å²) < 4.78 is 5.10. The van der Waals surface area contributed by atoms with Gasteiger partial charge in [-0.15, -0.1) is 0 Å². The van der Waals surface area contributed by atoms with Gasteiger partial charge in [-0.2, -0.15) is 0 Å². The molecule has 0 bridgehead atoms. The van der Waals surface area contributed by atoms with Crippen LogP contribution in [-0.2, 0) is 4.79 Å². The minimum absolute atomic E-state index is 0.458. The summed E-state index contributed by atoms with van der Waals surface area (Å²) in [6, 6.07) is 6.53. The number of carboxylic acid groups (broad SMARTS) is 1. The molecule has 80 valence electrons. The summed E-state index contributed by atoms with van der Waals surface area (Å²) in [6.07, 6.45) is 0.382. The Morgan fingerprint density at radius 2 is 2.07 bits per heavy atom. The summed E-state index contributed by atoms with van der Waals surface area (Å²) in [7, 11) is 0. The topological polar surface area (TPSA) is 79.1 Å². The van der Waals surface area contributed by atoms with Gasteiger partial charge in [-0.05, 0) is 36.8 Å². The molecule has 0 amide bonds. The molecule has 1 aromatic carbocycles. The molecule has 0 saturated heterocycles. The van der Waals surface area contributed by atoms with Crippen LogP contribution >= 0.6 is 0 Å². The van der Waals surface area contributed by atoms with Crippen molar-refractivity contribution < 1.29 is 19.8 Å². The fourth-order valence-electron chi connectivity index (χ4n) is 0.954. The third kappa shape index (κ3) is 3.30. The maximum Gasteiger partial charge on any atom is 0.344 e. The van der Waals surface area contributed by atoms with Gasteiger partial charge in [-0.1, -0.05) is 5.16 Å². The first-order valence-electron chi connectivity index (χ1n) is 4.30. The second-order valence-corrected chi connectivity index (χ2v) is 2.91. The number of hydrogen-bond donors (Lipinski definition) is 2. The molecule has 0 saturated carbocycles. The van der Waals surface area contributed by atoms with E-state index in [1.807, 2.05) is 0 Å². The molecule has 0 heterocycles. The van der Waals surface area contributed by atoms with Crippen LogP contribution in [0.5, 0.6) is 5.75 Å². The van der Waals surface area contributed by atoms with Crippen LogP contribution in [0.3, 0.4) is 0 Å². The zero-order valence-corrected chi connectivity index (χ0v) is 8.12. The smallest absolute Gasteiger partial charge is 0.344 e. The highest BCUT2D eigenvalue weighted by atomic mass is 16.5. The minimum Gasteiger partial charge on any atom is -0.479 e. The van der Waals surface area contributed by atoms with Gasteiger partial charge in [0.1, 0.15) is 5.75 Å². The van der Waals surface area contributed by atoms with Crippen molar-refractivity contribution in [1.29, 1.82) is 0 Å². The summed E-state index contributed by atoms with van der Waals surface area (Å²) in [6.45, 7) is 1.45. The average Bonchev–Trinajstić information content (AvgIpc) is 2.21. The number of ether oxygens (including phenoxy) is 1. The standard InChI is InChI=1S/C10H11NO4/c1-7(10(12)13)15-9-4-2-8(3-5-9)6-11-14/h2-7,14H,1H3,(H,12,13)/b11-6-. The van der Waals surface area contributed by atoms with Gasteiger partial charge >= 0.3 is 5.97 Å². The Balaban J connectivity index is 2.68. The molecule has 0 aromatic heterocycles. The van der Waals surface area contributed by atoms with E-state index in [-0.39, 0.29) is 0 Å². The second kappa shape index (κ2) is 4.99. The molecule has 5 nitrogen and oxygen atoms in total. The molecule has 15 heavy (non-hydrogen) atoms. The molecule has 2 N–H and O–H groups in total. The lowest BCUT2D eigenvalue weighted by atomic mass is 10.2. The molecule has 1 aromatic rings. The van der Waals surface area contributed by atoms with E-state index in [4.69, 9.17) is 15.1 Å². The van der Waals surface area contributed by atoms with Crippen LogP contribution < -0.4 is 4.74 Å². The van der Waals surface area contributed by atoms with E-state index in [2.05, 4.69) is 5.16 Å². The molecule has 0 aliphatic heterocycles. The Morgan fingerprint density at radius 3 is 2.53 bits per heavy atom. The van der Waals surface area contributed by atoms with E-state index < -0.39 is 12.1 Å². The number of benzene rings is 1. The largest absolute Gasteiger partial charge is 0.479 e. The van der Waals surface area contributed by atoms with Crippen molar-refractivity contribution in [1.82, 2.24) is 0 Å². The number of carbonyl (C=O) groups is 1. The average molecular weight is 209 g/mol. The van der Waals surface area contributed by atoms with E-state index in [1.54, 1.807) is 24.3 Å². The van der Waals surface area contributed by atoms with Crippen molar-refractivity contribution >= 4 is 12.2 Å². The number of oxime groups is 1. The summed E-state index contributed by atoms with van der Waals surface area (Å²) in [5.41, 5.74) is 0.702. The molecule has 0 aliphatic rings. The zero-order chi connectivity index (χ0) is 11.3. The van der Waals surface area contributed by atoms with Crippen LogP contribution in [0.1, 0.15) is 12.5 Å². The van der Waals surface area contributed by atoms with Gasteiger partial charge in [0.05, 0.1) is 6.21 Å². The first kappa shape index (κ1) is 11.0. The summed E-state index contributed by atoms with van der Waals surface area (Å²) in [4.78, 5) is 10.5. The molecule has 0 fully saturated rings. The first-order valence-corrected chi connectivity index (χ1v) is 4.30. The summed E-state index contributed by atoms with van der Waals surface area (Å²) >= 11 is 0. The SMILES string of the molecule is CC(Oc1ccc(/C=N\O)cc1)C(=O)O. The van der Waals surface area contributed by atoms with Crippen LogP contribution in [0.15, 0.2) is 29.4 Å². The maximum absolute atomic E-state index is 10.5. The lowest BCUT2D eigenvalue weighted by Crippen LogP contribution is -2.22. The molecule has 0 radical (unpaired) electrons. The first-order chi connectivity index (χ1) is 7.13. The van der Waals surface area contributed by atoms with E-state index in [0.717, 1.165) is 0 Å². The molecule has 5 heteroatoms. The lowest BCUT2D eigenvalue weighted by molar-refractivity contribution is -0.144. The highest BCUT2D eigenvalue weighted by Crippen LogP contribution is 2.12. The molecule has 1 rings (SSSR count). The minimum atomic E-state index is -1.02. The van der Waals surface area contributed by atoms with E-state index in [9.17, 15) is 4.79 Å². The van der Waals surface area contributed by atoms with Gasteiger partial charge < -0.3 is 15.1 Å². The maximum atomic E-state index is 10.5. The van der Waals surface area contributed by atoms with Crippen LogP contribution in [-0.4, -0.2) is 28.6 Å². The molecular formula is C10H11NO4. The van der Waals surface area contributed by atoms with Crippen molar-refractivity contribution in [3.63, 3.8) is 0 Å². The number of carboxylic acids is 1. The quantitative estimate of drug-likeness (QED) is 0.445. The van der Waals surface area contributed by atoms with Crippen LogP contribution in [0, 0.1) is 0 Å². The molecule has 1 unspecified atom stereocenters.